The zero-order valence-electron chi connectivity index (χ0n) is 15.9. The van der Waals surface area contributed by atoms with E-state index in [4.69, 9.17) is 0 Å². The summed E-state index contributed by atoms with van der Waals surface area (Å²) in [5.41, 5.74) is 0.715. The average Bonchev–Trinajstić information content (AvgIpc) is 3.25. The molecule has 1 aromatic heterocycles. The van der Waals surface area contributed by atoms with Crippen LogP contribution in [-0.2, 0) is 6.18 Å². The van der Waals surface area contributed by atoms with Crippen LogP contribution in [0.1, 0.15) is 40.6 Å². The molecule has 0 bridgehead atoms. The Balaban J connectivity index is 1.40. The number of nitrogens with zero attached hydrogens (tertiary/aromatic N) is 2. The predicted molar refractivity (Wildman–Crippen MR) is 103 cm³/mol. The molecule has 0 radical (unpaired) electrons. The zero-order valence-corrected chi connectivity index (χ0v) is 15.9. The van der Waals surface area contributed by atoms with Gasteiger partial charge in [-0.1, -0.05) is 30.3 Å². The number of likely N-dealkylation sites (tertiary alicyclic amines) is 1. The van der Waals surface area contributed by atoms with Crippen molar-refractivity contribution >= 4 is 5.91 Å². The average molecular weight is 417 g/mol. The highest BCUT2D eigenvalue weighted by Gasteiger charge is 2.35. The summed E-state index contributed by atoms with van der Waals surface area (Å²) < 4.78 is 52.1. The molecule has 0 atom stereocenters. The highest BCUT2D eigenvalue weighted by molar-refractivity contribution is 5.94. The Morgan fingerprint density at radius 2 is 1.70 bits per heavy atom. The van der Waals surface area contributed by atoms with E-state index in [1.165, 1.54) is 6.07 Å². The first-order chi connectivity index (χ1) is 14.3. The lowest BCUT2D eigenvalue weighted by atomic mass is 9.95. The zero-order chi connectivity index (χ0) is 21.3. The Kier molecular flexibility index (Phi) is 5.32. The van der Waals surface area contributed by atoms with Gasteiger partial charge in [0, 0.05) is 36.3 Å². The molecule has 0 saturated carbocycles. The van der Waals surface area contributed by atoms with E-state index in [-0.39, 0.29) is 17.6 Å². The quantitative estimate of drug-likeness (QED) is 0.592. The van der Waals surface area contributed by atoms with Gasteiger partial charge in [0.15, 0.2) is 5.69 Å². The van der Waals surface area contributed by atoms with Gasteiger partial charge < -0.3 is 9.88 Å². The minimum Gasteiger partial charge on any atom is -0.348 e. The highest BCUT2D eigenvalue weighted by atomic mass is 19.4. The first-order valence-electron chi connectivity index (χ1n) is 9.59. The molecule has 30 heavy (non-hydrogen) atoms. The van der Waals surface area contributed by atoms with Crippen molar-refractivity contribution in [2.45, 2.75) is 24.9 Å². The summed E-state index contributed by atoms with van der Waals surface area (Å²) in [6.45, 7) is 0.862. The summed E-state index contributed by atoms with van der Waals surface area (Å²) >= 11 is 0. The Bertz CT molecular complexity index is 1040. The van der Waals surface area contributed by atoms with Gasteiger partial charge in [-0.25, -0.2) is 9.37 Å². The van der Waals surface area contributed by atoms with Crippen molar-refractivity contribution in [1.82, 2.24) is 14.9 Å². The summed E-state index contributed by atoms with van der Waals surface area (Å²) in [5.74, 6) is -0.313. The van der Waals surface area contributed by atoms with E-state index < -0.39 is 11.9 Å². The van der Waals surface area contributed by atoms with Gasteiger partial charge in [0.25, 0.3) is 5.91 Å². The van der Waals surface area contributed by atoms with Crippen LogP contribution < -0.4 is 0 Å². The number of rotatable bonds is 3. The van der Waals surface area contributed by atoms with Crippen LogP contribution in [0.2, 0.25) is 0 Å². The van der Waals surface area contributed by atoms with Crippen LogP contribution >= 0.6 is 0 Å². The van der Waals surface area contributed by atoms with Crippen LogP contribution in [0.3, 0.4) is 0 Å². The number of carbonyl (C=O) groups excluding carboxylic acids is 1. The summed E-state index contributed by atoms with van der Waals surface area (Å²) in [6, 6.07) is 13.2. The molecule has 1 amide bonds. The number of halogens is 4. The summed E-state index contributed by atoms with van der Waals surface area (Å²) in [5, 5.41) is 0. The van der Waals surface area contributed by atoms with Gasteiger partial charge in [-0.3, -0.25) is 4.79 Å². The number of imidazole rings is 1. The number of aromatic nitrogens is 2. The van der Waals surface area contributed by atoms with Crippen molar-refractivity contribution in [3.05, 3.63) is 77.6 Å². The first-order valence-corrected chi connectivity index (χ1v) is 9.59. The fourth-order valence-electron chi connectivity index (χ4n) is 3.72. The molecule has 1 saturated heterocycles. The largest absolute Gasteiger partial charge is 0.434 e. The van der Waals surface area contributed by atoms with E-state index in [0.29, 0.717) is 48.4 Å². The lowest BCUT2D eigenvalue weighted by Crippen LogP contribution is -2.38. The van der Waals surface area contributed by atoms with Gasteiger partial charge in [-0.15, -0.1) is 0 Å². The molecule has 1 N–H and O–H groups in total. The summed E-state index contributed by atoms with van der Waals surface area (Å²) in [6.07, 6.45) is -2.53. The summed E-state index contributed by atoms with van der Waals surface area (Å²) in [4.78, 5) is 20.7. The molecule has 4 nitrogen and oxygen atoms in total. The van der Waals surface area contributed by atoms with Crippen LogP contribution in [0.5, 0.6) is 0 Å². The van der Waals surface area contributed by atoms with Gasteiger partial charge in [0.1, 0.15) is 11.6 Å². The van der Waals surface area contributed by atoms with Crippen molar-refractivity contribution in [3.8, 4) is 11.1 Å². The van der Waals surface area contributed by atoms with Gasteiger partial charge in [0.2, 0.25) is 0 Å². The third kappa shape index (κ3) is 4.08. The maximum Gasteiger partial charge on any atom is 0.434 e. The molecule has 2 heterocycles. The predicted octanol–water partition coefficient (Wildman–Crippen LogP) is 5.25. The normalized spacial score (nSPS) is 15.4. The smallest absolute Gasteiger partial charge is 0.348 e. The van der Waals surface area contributed by atoms with E-state index >= 15 is 0 Å². The van der Waals surface area contributed by atoms with E-state index in [9.17, 15) is 22.4 Å². The molecule has 0 aliphatic carbocycles. The fourth-order valence-corrected chi connectivity index (χ4v) is 3.72. The molecule has 1 aliphatic heterocycles. The standard InChI is InChI=1S/C22H19F4N3O/c23-18-4-2-1-3-17(18)14-5-7-16(8-6-14)21(30)29-11-9-15(10-12-29)20-27-13-19(28-20)22(24,25)26/h1-8,13,15H,9-12H2,(H,27,28). The maximum atomic E-state index is 13.9. The molecule has 1 aliphatic rings. The molecular formula is C22H19F4N3O. The van der Waals surface area contributed by atoms with Gasteiger partial charge in [-0.05, 0) is 36.6 Å². The Morgan fingerprint density at radius 1 is 1.03 bits per heavy atom. The van der Waals surface area contributed by atoms with Crippen LogP contribution in [0.25, 0.3) is 11.1 Å². The Hall–Kier alpha value is -3.16. The minimum atomic E-state index is -4.47. The van der Waals surface area contributed by atoms with Crippen molar-refractivity contribution in [3.63, 3.8) is 0 Å². The second-order valence-corrected chi connectivity index (χ2v) is 7.29. The third-order valence-electron chi connectivity index (χ3n) is 5.37. The number of amides is 1. The number of aromatic amines is 1. The van der Waals surface area contributed by atoms with Gasteiger partial charge in [-0.2, -0.15) is 13.2 Å². The molecule has 156 valence electrons. The van der Waals surface area contributed by atoms with Crippen molar-refractivity contribution in [2.24, 2.45) is 0 Å². The second kappa shape index (κ2) is 7.93. The Morgan fingerprint density at radius 3 is 2.30 bits per heavy atom. The van der Waals surface area contributed by atoms with Crippen molar-refractivity contribution in [1.29, 1.82) is 0 Å². The number of piperidine rings is 1. The van der Waals surface area contributed by atoms with Gasteiger partial charge >= 0.3 is 6.18 Å². The molecule has 3 aromatic rings. The van der Waals surface area contributed by atoms with Crippen molar-refractivity contribution < 1.29 is 22.4 Å². The molecule has 8 heteroatoms. The fraction of sp³-hybridized carbons (Fsp3) is 0.273. The number of H-pyrrole nitrogens is 1. The number of carbonyl (C=O) groups is 1. The minimum absolute atomic E-state index is 0.145. The molecule has 4 rings (SSSR count). The maximum absolute atomic E-state index is 13.9. The number of hydrogen-bond acceptors (Lipinski definition) is 2. The van der Waals surface area contributed by atoms with Crippen LogP contribution in [0.15, 0.2) is 54.7 Å². The summed E-state index contributed by atoms with van der Waals surface area (Å²) in [7, 11) is 0. The molecule has 1 fully saturated rings. The molecule has 0 unspecified atom stereocenters. The number of benzene rings is 2. The van der Waals surface area contributed by atoms with Gasteiger partial charge in [0.05, 0.1) is 0 Å². The van der Waals surface area contributed by atoms with Crippen molar-refractivity contribution in [2.75, 3.05) is 13.1 Å². The monoisotopic (exact) mass is 417 g/mol. The van der Waals surface area contributed by atoms with E-state index in [1.54, 1.807) is 47.4 Å². The lowest BCUT2D eigenvalue weighted by Gasteiger charge is -2.31. The topological polar surface area (TPSA) is 49.0 Å². The Labute approximate surface area is 170 Å². The van der Waals surface area contributed by atoms with E-state index in [2.05, 4.69) is 9.97 Å². The van der Waals surface area contributed by atoms with E-state index in [1.807, 2.05) is 0 Å². The van der Waals surface area contributed by atoms with Crippen LogP contribution in [0, 0.1) is 5.82 Å². The number of nitrogens with one attached hydrogen (secondary N) is 1. The first kappa shape index (κ1) is 20.1. The SMILES string of the molecule is O=C(c1ccc(-c2ccccc2F)cc1)N1CCC(c2nc(C(F)(F)F)c[nH]2)CC1. The molecule has 0 spiro atoms. The number of hydrogen-bond donors (Lipinski definition) is 1. The van der Waals surface area contributed by atoms with E-state index in [0.717, 1.165) is 6.20 Å². The second-order valence-electron chi connectivity index (χ2n) is 7.29. The van der Waals surface area contributed by atoms with Crippen LogP contribution in [-0.4, -0.2) is 33.9 Å². The number of alkyl halides is 3. The molecular weight excluding hydrogens is 398 g/mol. The molecule has 2 aromatic carbocycles. The highest BCUT2D eigenvalue weighted by Crippen LogP contribution is 2.32. The third-order valence-corrected chi connectivity index (χ3v) is 5.37. The van der Waals surface area contributed by atoms with Crippen LogP contribution in [0.4, 0.5) is 17.6 Å². The lowest BCUT2D eigenvalue weighted by molar-refractivity contribution is -0.141.